The molecule has 1 atom stereocenters. The summed E-state index contributed by atoms with van der Waals surface area (Å²) in [6.07, 6.45) is 6.58. The van der Waals surface area contributed by atoms with Crippen molar-refractivity contribution < 1.29 is 0 Å². The van der Waals surface area contributed by atoms with Gasteiger partial charge in [0.05, 0.1) is 0 Å². The molecule has 0 saturated heterocycles. The van der Waals surface area contributed by atoms with Gasteiger partial charge in [-0.3, -0.25) is 0 Å². The van der Waals surface area contributed by atoms with Gasteiger partial charge in [-0.25, -0.2) is 0 Å². The molecule has 0 nitrogen and oxygen atoms in total. The van der Waals surface area contributed by atoms with E-state index >= 15 is 0 Å². The summed E-state index contributed by atoms with van der Waals surface area (Å²) in [6, 6.07) is 5.08. The highest BCUT2D eigenvalue weighted by Gasteiger charge is 2.29. The lowest BCUT2D eigenvalue weighted by atomic mass is 9.94. The Balaban J connectivity index is 2.14. The predicted molar refractivity (Wildman–Crippen MR) is 82.9 cm³/mol. The molecule has 0 bridgehead atoms. The van der Waals surface area contributed by atoms with Crippen LogP contribution in [0.5, 0.6) is 0 Å². The molecule has 0 amide bonds. The average Bonchev–Trinajstić information content (AvgIpc) is 2.88. The molecule has 0 aliphatic heterocycles. The zero-order valence-electron chi connectivity index (χ0n) is 12.1. The number of aryl methyl sites for hydroxylation is 2. The lowest BCUT2D eigenvalue weighted by molar-refractivity contribution is 0.856. The molecular formula is C17H24Si. The normalized spacial score (nSPS) is 21.4. The summed E-state index contributed by atoms with van der Waals surface area (Å²) in [4.78, 5) is 0. The van der Waals surface area contributed by atoms with Gasteiger partial charge in [-0.2, -0.15) is 0 Å². The summed E-state index contributed by atoms with van der Waals surface area (Å²) in [6.45, 7) is 9.66. The van der Waals surface area contributed by atoms with Gasteiger partial charge in [-0.1, -0.05) is 45.2 Å². The fourth-order valence-corrected chi connectivity index (χ4v) is 5.18. The summed E-state index contributed by atoms with van der Waals surface area (Å²) >= 11 is 0. The van der Waals surface area contributed by atoms with E-state index in [9.17, 15) is 0 Å². The molecular weight excluding hydrogens is 232 g/mol. The zero-order chi connectivity index (χ0) is 12.9. The Bertz CT molecular complexity index is 509. The quantitative estimate of drug-likeness (QED) is 0.691. The monoisotopic (exact) mass is 256 g/mol. The van der Waals surface area contributed by atoms with Crippen molar-refractivity contribution in [3.05, 3.63) is 40.5 Å². The van der Waals surface area contributed by atoms with E-state index in [4.69, 9.17) is 0 Å². The third kappa shape index (κ3) is 1.80. The van der Waals surface area contributed by atoms with Gasteiger partial charge < -0.3 is 0 Å². The topological polar surface area (TPSA) is 0 Å². The first-order valence-electron chi connectivity index (χ1n) is 7.45. The Morgan fingerprint density at radius 1 is 1.11 bits per heavy atom. The van der Waals surface area contributed by atoms with Crippen molar-refractivity contribution in [3.8, 4) is 0 Å². The van der Waals surface area contributed by atoms with Gasteiger partial charge >= 0.3 is 0 Å². The van der Waals surface area contributed by atoms with E-state index < -0.39 is 8.80 Å². The molecule has 1 unspecified atom stereocenters. The van der Waals surface area contributed by atoms with Crippen molar-refractivity contribution in [1.82, 2.24) is 0 Å². The van der Waals surface area contributed by atoms with Crippen molar-refractivity contribution in [2.45, 2.75) is 51.7 Å². The van der Waals surface area contributed by atoms with Crippen LogP contribution >= 0.6 is 0 Å². The Morgan fingerprint density at radius 2 is 1.78 bits per heavy atom. The van der Waals surface area contributed by atoms with E-state index in [2.05, 4.69) is 45.2 Å². The molecule has 18 heavy (non-hydrogen) atoms. The van der Waals surface area contributed by atoms with Crippen molar-refractivity contribution in [2.75, 3.05) is 0 Å². The van der Waals surface area contributed by atoms with Crippen molar-refractivity contribution in [1.29, 1.82) is 0 Å². The van der Waals surface area contributed by atoms with E-state index in [0.29, 0.717) is 5.92 Å². The minimum Gasteiger partial charge on any atom is -0.0760 e. The van der Waals surface area contributed by atoms with E-state index in [1.54, 1.807) is 27.8 Å². The van der Waals surface area contributed by atoms with Crippen LogP contribution in [0.2, 0.25) is 13.1 Å². The van der Waals surface area contributed by atoms with Crippen LogP contribution in [-0.4, -0.2) is 8.80 Å². The van der Waals surface area contributed by atoms with E-state index in [0.717, 1.165) is 5.54 Å². The summed E-state index contributed by atoms with van der Waals surface area (Å²) in [5, 5.41) is 0. The van der Waals surface area contributed by atoms with Gasteiger partial charge in [0, 0.05) is 8.80 Å². The second-order valence-electron chi connectivity index (χ2n) is 6.61. The molecule has 3 rings (SSSR count). The minimum atomic E-state index is -0.643. The first-order chi connectivity index (χ1) is 8.58. The van der Waals surface area contributed by atoms with Gasteiger partial charge in [-0.15, -0.1) is 0 Å². The average molecular weight is 256 g/mol. The molecule has 0 heterocycles. The fraction of sp³-hybridized carbons (Fsp3) is 0.529. The van der Waals surface area contributed by atoms with Gasteiger partial charge in [0.2, 0.25) is 0 Å². The van der Waals surface area contributed by atoms with Gasteiger partial charge in [0.1, 0.15) is 0 Å². The molecule has 0 spiro atoms. The molecule has 2 aliphatic rings. The van der Waals surface area contributed by atoms with Crippen molar-refractivity contribution in [3.63, 3.8) is 0 Å². The van der Waals surface area contributed by atoms with Crippen LogP contribution in [0.3, 0.4) is 0 Å². The predicted octanol–water partition coefficient (Wildman–Crippen LogP) is 4.34. The molecule has 0 fully saturated rings. The molecule has 0 N–H and O–H groups in total. The van der Waals surface area contributed by atoms with Gasteiger partial charge in [0.15, 0.2) is 0 Å². The summed E-state index contributed by atoms with van der Waals surface area (Å²) < 4.78 is 0. The number of hydrogen-bond acceptors (Lipinski definition) is 0. The number of fused-ring (bicyclic) bond motifs is 2. The Kier molecular flexibility index (Phi) is 2.97. The number of benzene rings is 1. The first-order valence-corrected chi connectivity index (χ1v) is 10.4. The van der Waals surface area contributed by atoms with Crippen LogP contribution in [0.15, 0.2) is 18.2 Å². The number of rotatable bonds is 2. The van der Waals surface area contributed by atoms with Crippen LogP contribution in [0, 0.1) is 5.92 Å². The number of allylic oxidation sites excluding steroid dienone is 2. The second-order valence-corrected chi connectivity index (χ2v) is 9.81. The Morgan fingerprint density at radius 3 is 2.39 bits per heavy atom. The zero-order valence-corrected chi connectivity index (χ0v) is 13.2. The number of hydrogen-bond donors (Lipinski definition) is 0. The van der Waals surface area contributed by atoms with Crippen LogP contribution in [0.4, 0.5) is 0 Å². The van der Waals surface area contributed by atoms with E-state index in [1.165, 1.54) is 19.3 Å². The van der Waals surface area contributed by atoms with Gasteiger partial charge in [-0.05, 0) is 58.5 Å². The third-order valence-corrected chi connectivity index (χ3v) is 6.62. The Hall–Kier alpha value is -0.823. The SMILES string of the molecule is CC(C)C1=CC([SiH](C)C)c2cc3c(cc21)CCC3. The van der Waals surface area contributed by atoms with E-state index in [1.807, 2.05) is 0 Å². The van der Waals surface area contributed by atoms with Crippen molar-refractivity contribution in [2.24, 2.45) is 5.92 Å². The maximum absolute atomic E-state index is 2.60. The molecule has 0 radical (unpaired) electrons. The molecule has 0 aromatic heterocycles. The summed E-state index contributed by atoms with van der Waals surface area (Å²) in [7, 11) is -0.643. The van der Waals surface area contributed by atoms with Crippen LogP contribution in [-0.2, 0) is 12.8 Å². The molecule has 1 aromatic carbocycles. The van der Waals surface area contributed by atoms with Crippen LogP contribution in [0.1, 0.15) is 48.1 Å². The highest BCUT2D eigenvalue weighted by atomic mass is 28.3. The highest BCUT2D eigenvalue weighted by molar-refractivity contribution is 6.58. The summed E-state index contributed by atoms with van der Waals surface area (Å²) in [5.41, 5.74) is 8.94. The molecule has 0 saturated carbocycles. The maximum atomic E-state index is 2.60. The van der Waals surface area contributed by atoms with E-state index in [-0.39, 0.29) is 0 Å². The van der Waals surface area contributed by atoms with Gasteiger partial charge in [0.25, 0.3) is 0 Å². The standard InChI is InChI=1S/C17H24Si/c1-11(2)14-10-17(18(3)4)16-9-13-7-5-6-12(13)8-15(14)16/h8-11,17-18H,5-7H2,1-4H3. The van der Waals surface area contributed by atoms with Crippen LogP contribution < -0.4 is 0 Å². The largest absolute Gasteiger partial charge is 0.0760 e. The smallest absolute Gasteiger partial charge is 0.0436 e. The third-order valence-electron chi connectivity index (χ3n) is 4.63. The minimum absolute atomic E-state index is 0.643. The van der Waals surface area contributed by atoms with Crippen molar-refractivity contribution >= 4 is 14.4 Å². The Labute approximate surface area is 113 Å². The lowest BCUT2D eigenvalue weighted by Gasteiger charge is -2.16. The highest BCUT2D eigenvalue weighted by Crippen LogP contribution is 2.43. The fourth-order valence-electron chi connectivity index (χ4n) is 3.60. The lowest BCUT2D eigenvalue weighted by Crippen LogP contribution is -2.12. The first kappa shape index (κ1) is 12.2. The molecule has 2 aliphatic carbocycles. The molecule has 1 aromatic rings. The molecule has 1 heteroatoms. The second kappa shape index (κ2) is 4.38. The molecule has 96 valence electrons. The maximum Gasteiger partial charge on any atom is 0.0436 e. The van der Waals surface area contributed by atoms with Crippen LogP contribution in [0.25, 0.3) is 5.57 Å². The summed E-state index contributed by atoms with van der Waals surface area (Å²) in [5.74, 6) is 0.668.